The summed E-state index contributed by atoms with van der Waals surface area (Å²) in [5, 5.41) is 5.83. The van der Waals surface area contributed by atoms with Crippen molar-refractivity contribution in [3.63, 3.8) is 0 Å². The quantitative estimate of drug-likeness (QED) is 0.710. The fourth-order valence-electron chi connectivity index (χ4n) is 3.50. The van der Waals surface area contributed by atoms with Crippen molar-refractivity contribution in [3.05, 3.63) is 0 Å². The van der Waals surface area contributed by atoms with E-state index in [1.54, 1.807) is 0 Å². The topological polar surface area (TPSA) is 61.4 Å². The summed E-state index contributed by atoms with van der Waals surface area (Å²) in [5.41, 5.74) is 0. The van der Waals surface area contributed by atoms with Crippen LogP contribution in [0.1, 0.15) is 64.2 Å². The number of likely N-dealkylation sites (tertiary alicyclic amines) is 1. The van der Waals surface area contributed by atoms with E-state index in [-0.39, 0.29) is 11.9 Å². The highest BCUT2D eigenvalue weighted by molar-refractivity contribution is 5.76. The molecule has 0 unspecified atom stereocenters. The maximum Gasteiger partial charge on any atom is 0.314 e. The third-order valence-corrected chi connectivity index (χ3v) is 4.87. The number of hydrogen-bond acceptors (Lipinski definition) is 2. The van der Waals surface area contributed by atoms with Gasteiger partial charge in [-0.05, 0) is 31.6 Å². The van der Waals surface area contributed by atoms with E-state index in [1.807, 2.05) is 4.90 Å². The summed E-state index contributed by atoms with van der Waals surface area (Å²) in [6, 6.07) is -0.0693. The summed E-state index contributed by atoms with van der Waals surface area (Å²) >= 11 is 0. The molecule has 0 atom stereocenters. The molecule has 2 fully saturated rings. The minimum Gasteiger partial charge on any atom is -0.343 e. The lowest BCUT2D eigenvalue weighted by Crippen LogP contribution is -2.38. The lowest BCUT2D eigenvalue weighted by Gasteiger charge is -2.20. The van der Waals surface area contributed by atoms with Crippen molar-refractivity contribution >= 4 is 11.9 Å². The zero-order valence-electron chi connectivity index (χ0n) is 13.7. The van der Waals surface area contributed by atoms with E-state index in [2.05, 4.69) is 10.6 Å². The molecule has 0 aromatic rings. The Hall–Kier alpha value is -1.26. The predicted molar refractivity (Wildman–Crippen MR) is 87.6 cm³/mol. The molecule has 126 valence electrons. The van der Waals surface area contributed by atoms with Crippen molar-refractivity contribution in [1.82, 2.24) is 15.5 Å². The Morgan fingerprint density at radius 2 is 1.82 bits per heavy atom. The number of hydrogen-bond donors (Lipinski definition) is 2. The Bertz CT molecular complexity index is 354. The first kappa shape index (κ1) is 17.1. The lowest BCUT2D eigenvalue weighted by atomic mass is 10.0. The molecule has 1 aliphatic carbocycles. The highest BCUT2D eigenvalue weighted by atomic mass is 16.2. The van der Waals surface area contributed by atoms with Crippen molar-refractivity contribution in [1.29, 1.82) is 0 Å². The van der Waals surface area contributed by atoms with Gasteiger partial charge in [0.15, 0.2) is 0 Å². The lowest BCUT2D eigenvalue weighted by molar-refractivity contribution is -0.130. The number of amides is 3. The van der Waals surface area contributed by atoms with E-state index in [0.717, 1.165) is 57.7 Å². The Labute approximate surface area is 134 Å². The molecule has 0 bridgehead atoms. The molecule has 5 heteroatoms. The van der Waals surface area contributed by atoms with E-state index >= 15 is 0 Å². The van der Waals surface area contributed by atoms with Crippen molar-refractivity contribution in [2.45, 2.75) is 64.2 Å². The summed E-state index contributed by atoms with van der Waals surface area (Å²) in [6.45, 7) is 3.06. The predicted octanol–water partition coefficient (Wildman–Crippen LogP) is 2.66. The Balaban J connectivity index is 1.48. The normalized spacial score (nSPS) is 20.0. The standard InChI is InChI=1S/C17H31N3O2/c21-16-9-2-1-5-13-20(16)14-6-11-18-17(22)19-12-10-15-7-3-4-8-15/h15H,1-14H2,(H2,18,19,22). The van der Waals surface area contributed by atoms with Gasteiger partial charge in [0.2, 0.25) is 5.91 Å². The molecule has 2 N–H and O–H groups in total. The minimum absolute atomic E-state index is 0.0693. The number of nitrogens with zero attached hydrogens (tertiary/aromatic N) is 1. The second-order valence-electron chi connectivity index (χ2n) is 6.67. The van der Waals surface area contributed by atoms with Crippen molar-refractivity contribution in [3.8, 4) is 0 Å². The number of urea groups is 1. The number of carbonyl (C=O) groups is 2. The van der Waals surface area contributed by atoms with Gasteiger partial charge in [-0.1, -0.05) is 32.1 Å². The maximum absolute atomic E-state index is 11.8. The van der Waals surface area contributed by atoms with Crippen molar-refractivity contribution in [2.75, 3.05) is 26.2 Å². The summed E-state index contributed by atoms with van der Waals surface area (Å²) in [5.74, 6) is 1.09. The maximum atomic E-state index is 11.8. The van der Waals surface area contributed by atoms with Gasteiger partial charge in [0.25, 0.3) is 0 Å². The zero-order chi connectivity index (χ0) is 15.6. The second kappa shape index (κ2) is 9.70. The first-order chi connectivity index (χ1) is 10.8. The van der Waals surface area contributed by atoms with Crippen molar-refractivity contribution in [2.24, 2.45) is 5.92 Å². The first-order valence-corrected chi connectivity index (χ1v) is 9.05. The molecule has 0 aromatic carbocycles. The first-order valence-electron chi connectivity index (χ1n) is 9.05. The number of nitrogens with one attached hydrogen (secondary N) is 2. The molecule has 1 saturated carbocycles. The molecular weight excluding hydrogens is 278 g/mol. The molecule has 5 nitrogen and oxygen atoms in total. The van der Waals surface area contributed by atoms with Gasteiger partial charge in [0.1, 0.15) is 0 Å². The molecule has 0 aromatic heterocycles. The smallest absolute Gasteiger partial charge is 0.314 e. The van der Waals surface area contributed by atoms with Crippen LogP contribution in [0.15, 0.2) is 0 Å². The van der Waals surface area contributed by atoms with Crippen LogP contribution in [0.3, 0.4) is 0 Å². The molecule has 1 heterocycles. The van der Waals surface area contributed by atoms with Crippen LogP contribution in [0.25, 0.3) is 0 Å². The van der Waals surface area contributed by atoms with Gasteiger partial charge >= 0.3 is 6.03 Å². The van der Waals surface area contributed by atoms with Crippen LogP contribution in [0.5, 0.6) is 0 Å². The van der Waals surface area contributed by atoms with Crippen LogP contribution in [0, 0.1) is 5.92 Å². The van der Waals surface area contributed by atoms with E-state index in [9.17, 15) is 9.59 Å². The van der Waals surface area contributed by atoms with Crippen LogP contribution in [-0.2, 0) is 4.79 Å². The molecule has 1 aliphatic heterocycles. The molecule has 0 spiro atoms. The summed E-state index contributed by atoms with van der Waals surface area (Å²) in [4.78, 5) is 25.5. The fraction of sp³-hybridized carbons (Fsp3) is 0.882. The van der Waals surface area contributed by atoms with Gasteiger partial charge in [0, 0.05) is 32.6 Å². The van der Waals surface area contributed by atoms with Crippen LogP contribution in [-0.4, -0.2) is 43.0 Å². The number of rotatable bonds is 7. The molecule has 2 aliphatic rings. The largest absolute Gasteiger partial charge is 0.343 e. The Morgan fingerprint density at radius 3 is 2.64 bits per heavy atom. The minimum atomic E-state index is -0.0693. The van der Waals surface area contributed by atoms with E-state index in [4.69, 9.17) is 0 Å². The monoisotopic (exact) mass is 309 g/mol. The Morgan fingerprint density at radius 1 is 1.05 bits per heavy atom. The highest BCUT2D eigenvalue weighted by Crippen LogP contribution is 2.26. The van der Waals surface area contributed by atoms with E-state index in [1.165, 1.54) is 25.7 Å². The van der Waals surface area contributed by atoms with Crippen LogP contribution >= 0.6 is 0 Å². The van der Waals surface area contributed by atoms with Crippen LogP contribution in [0.4, 0.5) is 4.79 Å². The van der Waals surface area contributed by atoms with Gasteiger partial charge < -0.3 is 15.5 Å². The van der Waals surface area contributed by atoms with Crippen molar-refractivity contribution < 1.29 is 9.59 Å². The average molecular weight is 309 g/mol. The molecule has 22 heavy (non-hydrogen) atoms. The van der Waals surface area contributed by atoms with Gasteiger partial charge in [-0.15, -0.1) is 0 Å². The zero-order valence-corrected chi connectivity index (χ0v) is 13.7. The highest BCUT2D eigenvalue weighted by Gasteiger charge is 2.16. The van der Waals surface area contributed by atoms with E-state index in [0.29, 0.717) is 13.0 Å². The molecule has 2 rings (SSSR count). The fourth-order valence-corrected chi connectivity index (χ4v) is 3.50. The summed E-state index contributed by atoms with van der Waals surface area (Å²) < 4.78 is 0. The van der Waals surface area contributed by atoms with Gasteiger partial charge in [0.05, 0.1) is 0 Å². The third-order valence-electron chi connectivity index (χ3n) is 4.87. The SMILES string of the molecule is O=C(NCCCN1CCCCCC1=O)NCCC1CCCC1. The average Bonchev–Trinajstić information content (AvgIpc) is 2.94. The van der Waals surface area contributed by atoms with Gasteiger partial charge in [-0.2, -0.15) is 0 Å². The van der Waals surface area contributed by atoms with Gasteiger partial charge in [-0.25, -0.2) is 4.79 Å². The number of carbonyl (C=O) groups excluding carboxylic acids is 2. The third kappa shape index (κ3) is 6.24. The second-order valence-corrected chi connectivity index (χ2v) is 6.67. The summed E-state index contributed by atoms with van der Waals surface area (Å²) in [7, 11) is 0. The summed E-state index contributed by atoms with van der Waals surface area (Å²) in [6.07, 6.45) is 11.3. The van der Waals surface area contributed by atoms with Crippen LogP contribution < -0.4 is 10.6 Å². The van der Waals surface area contributed by atoms with E-state index < -0.39 is 0 Å². The molecule has 0 radical (unpaired) electrons. The molecular formula is C17H31N3O2. The molecule has 1 saturated heterocycles. The Kier molecular flexibility index (Phi) is 7.54. The van der Waals surface area contributed by atoms with Gasteiger partial charge in [-0.3, -0.25) is 4.79 Å². The molecule has 3 amide bonds. The van der Waals surface area contributed by atoms with Crippen LogP contribution in [0.2, 0.25) is 0 Å².